The van der Waals surface area contributed by atoms with Gasteiger partial charge >= 0.3 is 6.03 Å². The SMILES string of the molecule is O=C(Nc1ccc2c(c1)COC2)N(Cc1ccccc1)[C@@H]1CCS(=O)(=O)C1. The highest BCUT2D eigenvalue weighted by Gasteiger charge is 2.34. The van der Waals surface area contributed by atoms with Crippen molar-refractivity contribution < 1.29 is 17.9 Å². The summed E-state index contributed by atoms with van der Waals surface area (Å²) in [7, 11) is -3.09. The molecule has 0 saturated carbocycles. The molecule has 2 aliphatic rings. The van der Waals surface area contributed by atoms with E-state index in [1.807, 2.05) is 48.5 Å². The van der Waals surface area contributed by atoms with Crippen molar-refractivity contribution in [1.29, 1.82) is 0 Å². The van der Waals surface area contributed by atoms with Gasteiger partial charge in [0.1, 0.15) is 0 Å². The number of fused-ring (bicyclic) bond motifs is 1. The smallest absolute Gasteiger partial charge is 0.322 e. The molecular formula is C20H22N2O4S. The second-order valence-electron chi connectivity index (χ2n) is 7.08. The van der Waals surface area contributed by atoms with Crippen LogP contribution in [0.25, 0.3) is 0 Å². The predicted octanol–water partition coefficient (Wildman–Crippen LogP) is 2.94. The largest absolute Gasteiger partial charge is 0.372 e. The van der Waals surface area contributed by atoms with Gasteiger partial charge in [0.2, 0.25) is 0 Å². The lowest BCUT2D eigenvalue weighted by Gasteiger charge is -2.28. The Morgan fingerprint density at radius 3 is 2.63 bits per heavy atom. The molecule has 0 aliphatic carbocycles. The van der Waals surface area contributed by atoms with Crippen molar-refractivity contribution in [2.24, 2.45) is 0 Å². The van der Waals surface area contributed by atoms with Gasteiger partial charge in [-0.25, -0.2) is 13.2 Å². The third-order valence-electron chi connectivity index (χ3n) is 5.08. The number of anilines is 1. The second kappa shape index (κ2) is 7.32. The van der Waals surface area contributed by atoms with E-state index in [0.717, 1.165) is 16.7 Å². The zero-order chi connectivity index (χ0) is 18.9. The molecule has 4 rings (SSSR count). The first-order chi connectivity index (χ1) is 13.0. The highest BCUT2D eigenvalue weighted by Crippen LogP contribution is 2.25. The average Bonchev–Trinajstić information content (AvgIpc) is 3.26. The van der Waals surface area contributed by atoms with Gasteiger partial charge in [-0.05, 0) is 35.2 Å². The van der Waals surface area contributed by atoms with Gasteiger partial charge in [-0.3, -0.25) is 0 Å². The molecule has 0 aromatic heterocycles. The summed E-state index contributed by atoms with van der Waals surface area (Å²) in [5.41, 5.74) is 3.88. The fourth-order valence-electron chi connectivity index (χ4n) is 3.61. The van der Waals surface area contributed by atoms with Crippen molar-refractivity contribution >= 4 is 21.6 Å². The number of rotatable bonds is 4. The molecule has 1 saturated heterocycles. The molecule has 2 aromatic carbocycles. The van der Waals surface area contributed by atoms with E-state index < -0.39 is 9.84 Å². The Kier molecular flexibility index (Phi) is 4.88. The summed E-state index contributed by atoms with van der Waals surface area (Å²) in [6.07, 6.45) is 0.473. The van der Waals surface area contributed by atoms with E-state index in [-0.39, 0.29) is 23.6 Å². The van der Waals surface area contributed by atoms with Crippen LogP contribution < -0.4 is 5.32 Å². The van der Waals surface area contributed by atoms with Crippen molar-refractivity contribution in [3.05, 3.63) is 65.2 Å². The Bertz CT molecular complexity index is 944. The van der Waals surface area contributed by atoms with Crippen LogP contribution in [0, 0.1) is 0 Å². The monoisotopic (exact) mass is 386 g/mol. The molecule has 7 heteroatoms. The number of carbonyl (C=O) groups excluding carboxylic acids is 1. The summed E-state index contributed by atoms with van der Waals surface area (Å²) < 4.78 is 29.3. The van der Waals surface area contributed by atoms with E-state index in [4.69, 9.17) is 4.74 Å². The number of ether oxygens (including phenoxy) is 1. The molecule has 2 amide bonds. The Hall–Kier alpha value is -2.38. The summed E-state index contributed by atoms with van der Waals surface area (Å²) in [5.74, 6) is 0.150. The highest BCUT2D eigenvalue weighted by molar-refractivity contribution is 7.91. The van der Waals surface area contributed by atoms with Crippen LogP contribution in [0.1, 0.15) is 23.1 Å². The number of urea groups is 1. The van der Waals surface area contributed by atoms with Crippen LogP contribution in [0.5, 0.6) is 0 Å². The summed E-state index contributed by atoms with van der Waals surface area (Å²) in [6, 6.07) is 14.8. The van der Waals surface area contributed by atoms with Crippen LogP contribution >= 0.6 is 0 Å². The van der Waals surface area contributed by atoms with Crippen LogP contribution in [0.2, 0.25) is 0 Å². The summed E-state index contributed by atoms with van der Waals surface area (Å²) in [6.45, 7) is 1.53. The van der Waals surface area contributed by atoms with Gasteiger partial charge in [0.15, 0.2) is 9.84 Å². The van der Waals surface area contributed by atoms with E-state index in [9.17, 15) is 13.2 Å². The van der Waals surface area contributed by atoms with Gasteiger partial charge in [-0.2, -0.15) is 0 Å². The molecule has 6 nitrogen and oxygen atoms in total. The summed E-state index contributed by atoms with van der Waals surface area (Å²) in [4.78, 5) is 14.6. The summed E-state index contributed by atoms with van der Waals surface area (Å²) in [5, 5.41) is 2.93. The van der Waals surface area contributed by atoms with Gasteiger partial charge < -0.3 is 15.0 Å². The molecule has 2 aromatic rings. The molecule has 1 atom stereocenters. The Balaban J connectivity index is 1.54. The predicted molar refractivity (Wildman–Crippen MR) is 103 cm³/mol. The maximum Gasteiger partial charge on any atom is 0.322 e. The molecule has 0 spiro atoms. The average molecular weight is 386 g/mol. The number of hydrogen-bond donors (Lipinski definition) is 1. The highest BCUT2D eigenvalue weighted by atomic mass is 32.2. The van der Waals surface area contributed by atoms with Gasteiger partial charge in [0.25, 0.3) is 0 Å². The minimum Gasteiger partial charge on any atom is -0.372 e. The number of nitrogens with one attached hydrogen (secondary N) is 1. The molecule has 1 fully saturated rings. The van der Waals surface area contributed by atoms with Gasteiger partial charge in [-0.1, -0.05) is 36.4 Å². The number of amides is 2. The minimum absolute atomic E-state index is 0.0191. The lowest BCUT2D eigenvalue weighted by atomic mass is 10.1. The van der Waals surface area contributed by atoms with E-state index in [1.165, 1.54) is 0 Å². The van der Waals surface area contributed by atoms with Gasteiger partial charge in [0, 0.05) is 18.3 Å². The van der Waals surface area contributed by atoms with E-state index in [1.54, 1.807) is 4.90 Å². The zero-order valence-corrected chi connectivity index (χ0v) is 15.7. The molecule has 0 bridgehead atoms. The van der Waals surface area contributed by atoms with E-state index >= 15 is 0 Å². The maximum atomic E-state index is 13.0. The molecule has 0 radical (unpaired) electrons. The molecular weight excluding hydrogens is 364 g/mol. The molecule has 1 N–H and O–H groups in total. The molecule has 27 heavy (non-hydrogen) atoms. The fourth-order valence-corrected chi connectivity index (χ4v) is 5.34. The van der Waals surface area contributed by atoms with E-state index in [0.29, 0.717) is 31.9 Å². The second-order valence-corrected chi connectivity index (χ2v) is 9.31. The quantitative estimate of drug-likeness (QED) is 0.877. The van der Waals surface area contributed by atoms with E-state index in [2.05, 4.69) is 5.32 Å². The van der Waals surface area contributed by atoms with Crippen molar-refractivity contribution in [2.45, 2.75) is 32.2 Å². The van der Waals surface area contributed by atoms with Crippen molar-refractivity contribution in [1.82, 2.24) is 4.90 Å². The van der Waals surface area contributed by atoms with Gasteiger partial charge in [-0.15, -0.1) is 0 Å². The van der Waals surface area contributed by atoms with Crippen LogP contribution in [-0.2, 0) is 34.3 Å². The maximum absolute atomic E-state index is 13.0. The molecule has 2 heterocycles. The zero-order valence-electron chi connectivity index (χ0n) is 14.9. The first kappa shape index (κ1) is 18.0. The fraction of sp³-hybridized carbons (Fsp3) is 0.350. The lowest BCUT2D eigenvalue weighted by Crippen LogP contribution is -2.43. The molecule has 0 unspecified atom stereocenters. The Morgan fingerprint density at radius 2 is 1.89 bits per heavy atom. The first-order valence-corrected chi connectivity index (χ1v) is 10.8. The van der Waals surface area contributed by atoms with Crippen molar-refractivity contribution in [3.63, 3.8) is 0 Å². The number of sulfone groups is 1. The number of nitrogens with zero attached hydrogens (tertiary/aromatic N) is 1. The number of hydrogen-bond acceptors (Lipinski definition) is 4. The van der Waals surface area contributed by atoms with Crippen molar-refractivity contribution in [2.75, 3.05) is 16.8 Å². The lowest BCUT2D eigenvalue weighted by molar-refractivity contribution is 0.134. The van der Waals surface area contributed by atoms with Crippen molar-refractivity contribution in [3.8, 4) is 0 Å². The topological polar surface area (TPSA) is 75.7 Å². The third kappa shape index (κ3) is 4.14. The van der Waals surface area contributed by atoms with Crippen LogP contribution in [0.4, 0.5) is 10.5 Å². The number of benzene rings is 2. The normalized spacial score (nSPS) is 20.2. The van der Waals surface area contributed by atoms with Gasteiger partial charge in [0.05, 0.1) is 24.7 Å². The number of carbonyl (C=O) groups is 1. The molecule has 2 aliphatic heterocycles. The molecule has 142 valence electrons. The van der Waals surface area contributed by atoms with Crippen LogP contribution in [0.3, 0.4) is 0 Å². The Labute approximate surface area is 159 Å². The van der Waals surface area contributed by atoms with Crippen LogP contribution in [-0.4, -0.2) is 36.9 Å². The standard InChI is InChI=1S/C20H22N2O4S/c23-20(21-18-7-6-16-12-26-13-17(16)10-18)22(11-15-4-2-1-3-5-15)19-8-9-27(24,25)14-19/h1-7,10,19H,8-9,11-14H2,(H,21,23)/t19-/m1/s1. The Morgan fingerprint density at radius 1 is 1.11 bits per heavy atom. The summed E-state index contributed by atoms with van der Waals surface area (Å²) >= 11 is 0. The minimum atomic E-state index is -3.09. The van der Waals surface area contributed by atoms with Crippen LogP contribution in [0.15, 0.2) is 48.5 Å². The third-order valence-corrected chi connectivity index (χ3v) is 6.83. The first-order valence-electron chi connectivity index (χ1n) is 9.02.